The minimum absolute atomic E-state index is 0.0631. The first-order valence-electron chi connectivity index (χ1n) is 5.19. The lowest BCUT2D eigenvalue weighted by Gasteiger charge is -2.10. The summed E-state index contributed by atoms with van der Waals surface area (Å²) in [6.45, 7) is 3.88. The van der Waals surface area contributed by atoms with Crippen molar-refractivity contribution < 1.29 is 9.53 Å². The van der Waals surface area contributed by atoms with Crippen molar-refractivity contribution in [2.75, 3.05) is 18.1 Å². The Morgan fingerprint density at radius 1 is 1.50 bits per heavy atom. The van der Waals surface area contributed by atoms with Gasteiger partial charge in [-0.1, -0.05) is 6.07 Å². The third kappa shape index (κ3) is 4.57. The van der Waals surface area contributed by atoms with Crippen molar-refractivity contribution in [1.82, 2.24) is 0 Å². The van der Waals surface area contributed by atoms with Crippen molar-refractivity contribution in [2.45, 2.75) is 24.8 Å². The van der Waals surface area contributed by atoms with Crippen LogP contribution in [0.25, 0.3) is 0 Å². The second-order valence-electron chi connectivity index (χ2n) is 3.62. The molecule has 0 heterocycles. The molecule has 1 aromatic carbocycles. The monoisotopic (exact) mass is 239 g/mol. The van der Waals surface area contributed by atoms with E-state index in [1.807, 2.05) is 44.4 Å². The molecule has 0 atom stereocenters. The quantitative estimate of drug-likeness (QED) is 0.633. The molecule has 0 unspecified atom stereocenters. The van der Waals surface area contributed by atoms with Gasteiger partial charge < -0.3 is 10.1 Å². The van der Waals surface area contributed by atoms with Crippen LogP contribution in [0.5, 0.6) is 0 Å². The third-order valence-electron chi connectivity index (χ3n) is 1.87. The molecule has 1 aromatic rings. The summed E-state index contributed by atoms with van der Waals surface area (Å²) >= 11 is 1.67. The Bertz CT molecular complexity index is 353. The van der Waals surface area contributed by atoms with E-state index in [0.717, 1.165) is 5.69 Å². The molecule has 0 saturated carbocycles. The SMILES string of the molecule is CSc1cccc(NCC(=O)OC(C)C)c1. The highest BCUT2D eigenvalue weighted by molar-refractivity contribution is 7.98. The number of ether oxygens (including phenoxy) is 1. The Hall–Kier alpha value is -1.16. The molecular formula is C12H17NO2S. The third-order valence-corrected chi connectivity index (χ3v) is 2.60. The predicted octanol–water partition coefficient (Wildman–Crippen LogP) is 2.77. The van der Waals surface area contributed by atoms with Crippen LogP contribution in [-0.4, -0.2) is 24.9 Å². The van der Waals surface area contributed by atoms with Crippen LogP contribution >= 0.6 is 11.8 Å². The van der Waals surface area contributed by atoms with Crippen molar-refractivity contribution in [3.05, 3.63) is 24.3 Å². The Morgan fingerprint density at radius 3 is 2.88 bits per heavy atom. The number of hydrogen-bond donors (Lipinski definition) is 1. The summed E-state index contributed by atoms with van der Waals surface area (Å²) in [4.78, 5) is 12.5. The highest BCUT2D eigenvalue weighted by Gasteiger charge is 2.04. The van der Waals surface area contributed by atoms with Crippen LogP contribution < -0.4 is 5.32 Å². The number of thioether (sulfide) groups is 1. The fourth-order valence-corrected chi connectivity index (χ4v) is 1.67. The van der Waals surface area contributed by atoms with Gasteiger partial charge in [0, 0.05) is 10.6 Å². The van der Waals surface area contributed by atoms with Crippen LogP contribution in [0.1, 0.15) is 13.8 Å². The Morgan fingerprint density at radius 2 is 2.25 bits per heavy atom. The summed E-state index contributed by atoms with van der Waals surface area (Å²) in [5.74, 6) is -0.232. The van der Waals surface area contributed by atoms with E-state index >= 15 is 0 Å². The number of benzene rings is 1. The lowest BCUT2D eigenvalue weighted by molar-refractivity contribution is -0.145. The molecule has 4 heteroatoms. The van der Waals surface area contributed by atoms with Gasteiger partial charge in [0.15, 0.2) is 0 Å². The molecule has 0 radical (unpaired) electrons. The average Bonchev–Trinajstić information content (AvgIpc) is 2.26. The van der Waals surface area contributed by atoms with Crippen LogP contribution in [0.15, 0.2) is 29.2 Å². The molecular weight excluding hydrogens is 222 g/mol. The number of nitrogens with one attached hydrogen (secondary N) is 1. The van der Waals surface area contributed by atoms with Gasteiger partial charge in [-0.05, 0) is 38.3 Å². The molecule has 0 spiro atoms. The molecule has 0 bridgehead atoms. The smallest absolute Gasteiger partial charge is 0.325 e. The molecule has 1 rings (SSSR count). The maximum Gasteiger partial charge on any atom is 0.325 e. The maximum absolute atomic E-state index is 11.3. The molecule has 88 valence electrons. The molecule has 0 saturated heterocycles. The van der Waals surface area contributed by atoms with Crippen LogP contribution in [0.3, 0.4) is 0 Å². The van der Waals surface area contributed by atoms with Crippen molar-refractivity contribution in [1.29, 1.82) is 0 Å². The van der Waals surface area contributed by atoms with Gasteiger partial charge in [-0.15, -0.1) is 11.8 Å². The molecule has 0 aliphatic heterocycles. The first-order valence-corrected chi connectivity index (χ1v) is 6.41. The van der Waals surface area contributed by atoms with Gasteiger partial charge in [-0.3, -0.25) is 4.79 Å². The molecule has 0 aliphatic rings. The maximum atomic E-state index is 11.3. The van der Waals surface area contributed by atoms with Gasteiger partial charge >= 0.3 is 5.97 Å². The van der Waals surface area contributed by atoms with Crippen molar-refractivity contribution in [3.63, 3.8) is 0 Å². The van der Waals surface area contributed by atoms with E-state index in [0.29, 0.717) is 0 Å². The van der Waals surface area contributed by atoms with E-state index in [2.05, 4.69) is 5.32 Å². The molecule has 0 fully saturated rings. The highest BCUT2D eigenvalue weighted by atomic mass is 32.2. The zero-order valence-corrected chi connectivity index (χ0v) is 10.6. The van der Waals surface area contributed by atoms with E-state index in [4.69, 9.17) is 4.74 Å². The second-order valence-corrected chi connectivity index (χ2v) is 4.50. The lowest BCUT2D eigenvalue weighted by Crippen LogP contribution is -2.20. The molecule has 1 N–H and O–H groups in total. The van der Waals surface area contributed by atoms with E-state index in [-0.39, 0.29) is 18.6 Å². The minimum Gasteiger partial charge on any atom is -0.462 e. The Kier molecular flexibility index (Phi) is 5.19. The van der Waals surface area contributed by atoms with Crippen molar-refractivity contribution >= 4 is 23.4 Å². The first kappa shape index (κ1) is 12.9. The van der Waals surface area contributed by atoms with Crippen molar-refractivity contribution in [2.24, 2.45) is 0 Å². The van der Waals surface area contributed by atoms with E-state index in [1.54, 1.807) is 11.8 Å². The molecule has 0 amide bonds. The largest absolute Gasteiger partial charge is 0.462 e. The van der Waals surface area contributed by atoms with E-state index in [9.17, 15) is 4.79 Å². The standard InChI is InChI=1S/C12H17NO2S/c1-9(2)15-12(14)8-13-10-5-4-6-11(7-10)16-3/h4-7,9,13H,8H2,1-3H3. The highest BCUT2D eigenvalue weighted by Crippen LogP contribution is 2.18. The van der Waals surface area contributed by atoms with E-state index in [1.165, 1.54) is 4.90 Å². The molecule has 16 heavy (non-hydrogen) atoms. The van der Waals surface area contributed by atoms with Gasteiger partial charge in [-0.2, -0.15) is 0 Å². The molecule has 0 aliphatic carbocycles. The van der Waals surface area contributed by atoms with Crippen LogP contribution in [-0.2, 0) is 9.53 Å². The summed E-state index contributed by atoms with van der Waals surface area (Å²) in [6.07, 6.45) is 1.96. The number of esters is 1. The Balaban J connectivity index is 2.45. The first-order chi connectivity index (χ1) is 7.61. The fourth-order valence-electron chi connectivity index (χ4n) is 1.21. The zero-order chi connectivity index (χ0) is 12.0. The summed E-state index contributed by atoms with van der Waals surface area (Å²) in [5.41, 5.74) is 0.938. The second kappa shape index (κ2) is 6.43. The Labute approximate surface area is 101 Å². The van der Waals surface area contributed by atoms with Gasteiger partial charge in [0.1, 0.15) is 6.54 Å². The van der Waals surface area contributed by atoms with Crippen LogP contribution in [0.4, 0.5) is 5.69 Å². The minimum atomic E-state index is -0.232. The van der Waals surface area contributed by atoms with Gasteiger partial charge in [0.2, 0.25) is 0 Å². The van der Waals surface area contributed by atoms with Gasteiger partial charge in [-0.25, -0.2) is 0 Å². The molecule has 0 aromatic heterocycles. The zero-order valence-electron chi connectivity index (χ0n) is 9.82. The summed E-state index contributed by atoms with van der Waals surface area (Å²) < 4.78 is 5.02. The normalized spacial score (nSPS) is 10.2. The number of carbonyl (C=O) groups excluding carboxylic acids is 1. The summed E-state index contributed by atoms with van der Waals surface area (Å²) in [7, 11) is 0. The summed E-state index contributed by atoms with van der Waals surface area (Å²) in [5, 5.41) is 3.04. The average molecular weight is 239 g/mol. The van der Waals surface area contributed by atoms with Crippen LogP contribution in [0, 0.1) is 0 Å². The topological polar surface area (TPSA) is 38.3 Å². The van der Waals surface area contributed by atoms with Crippen LogP contribution in [0.2, 0.25) is 0 Å². The van der Waals surface area contributed by atoms with E-state index < -0.39 is 0 Å². The number of hydrogen-bond acceptors (Lipinski definition) is 4. The number of rotatable bonds is 5. The lowest BCUT2D eigenvalue weighted by atomic mass is 10.3. The number of anilines is 1. The molecule has 3 nitrogen and oxygen atoms in total. The predicted molar refractivity (Wildman–Crippen MR) is 67.9 cm³/mol. The van der Waals surface area contributed by atoms with Gasteiger partial charge in [0.25, 0.3) is 0 Å². The van der Waals surface area contributed by atoms with Crippen molar-refractivity contribution in [3.8, 4) is 0 Å². The van der Waals surface area contributed by atoms with Gasteiger partial charge in [0.05, 0.1) is 6.10 Å². The fraction of sp³-hybridized carbons (Fsp3) is 0.417. The number of carbonyl (C=O) groups is 1. The summed E-state index contributed by atoms with van der Waals surface area (Å²) in [6, 6.07) is 7.93.